The fourth-order valence-corrected chi connectivity index (χ4v) is 1.95. The van der Waals surface area contributed by atoms with Crippen molar-refractivity contribution >= 4 is 11.6 Å². The van der Waals surface area contributed by atoms with Crippen molar-refractivity contribution in [2.24, 2.45) is 0 Å². The predicted molar refractivity (Wildman–Crippen MR) is 78.3 cm³/mol. The summed E-state index contributed by atoms with van der Waals surface area (Å²) < 4.78 is 0. The monoisotopic (exact) mass is 262 g/mol. The second-order valence-corrected chi connectivity index (χ2v) is 4.56. The Balaban J connectivity index is 2.66. The van der Waals surface area contributed by atoms with Crippen molar-refractivity contribution < 1.29 is 9.90 Å². The van der Waals surface area contributed by atoms with Crippen LogP contribution in [0.4, 0.5) is 5.69 Å². The molecule has 1 amide bonds. The molecule has 4 heteroatoms. The molecule has 0 spiro atoms. The number of nitrogens with zero attached hydrogens (tertiary/aromatic N) is 1. The van der Waals surface area contributed by atoms with E-state index in [0.29, 0.717) is 13.1 Å². The highest BCUT2D eigenvalue weighted by Crippen LogP contribution is 2.19. The van der Waals surface area contributed by atoms with Crippen molar-refractivity contribution in [3.8, 4) is 0 Å². The van der Waals surface area contributed by atoms with Crippen LogP contribution in [0.3, 0.4) is 0 Å². The first-order valence-electron chi connectivity index (χ1n) is 6.38. The van der Waals surface area contributed by atoms with Crippen LogP contribution in [0.5, 0.6) is 0 Å². The number of anilines is 1. The smallest absolute Gasteiger partial charge is 0.238 e. The molecule has 1 rings (SSSR count). The Morgan fingerprint density at radius 3 is 2.58 bits per heavy atom. The van der Waals surface area contributed by atoms with Crippen molar-refractivity contribution in [1.82, 2.24) is 4.90 Å². The van der Waals surface area contributed by atoms with Crippen LogP contribution in [0.2, 0.25) is 0 Å². The lowest BCUT2D eigenvalue weighted by Gasteiger charge is -2.19. The largest absolute Gasteiger partial charge is 0.395 e. The summed E-state index contributed by atoms with van der Waals surface area (Å²) in [5.41, 5.74) is 2.96. The van der Waals surface area contributed by atoms with Crippen LogP contribution in [-0.2, 0) is 4.79 Å². The first kappa shape index (κ1) is 15.4. The number of aryl methyl sites for hydroxylation is 2. The number of aliphatic hydroxyl groups is 1. The molecule has 0 saturated heterocycles. The van der Waals surface area contributed by atoms with Gasteiger partial charge in [-0.1, -0.05) is 24.3 Å². The fraction of sp³-hybridized carbons (Fsp3) is 0.400. The Morgan fingerprint density at radius 1 is 1.42 bits per heavy atom. The molecule has 4 nitrogen and oxygen atoms in total. The van der Waals surface area contributed by atoms with Crippen molar-refractivity contribution in [1.29, 1.82) is 0 Å². The third kappa shape index (κ3) is 4.85. The summed E-state index contributed by atoms with van der Waals surface area (Å²) in [7, 11) is 0. The number of aliphatic hydroxyl groups excluding tert-OH is 1. The standard InChI is InChI=1S/C15H22N2O2/c1-4-8-17(9-10-18)11-14(19)16-15-12(2)6-5-7-13(15)3/h4-7,18H,1,8-11H2,2-3H3,(H,16,19). The molecule has 104 valence electrons. The van der Waals surface area contributed by atoms with E-state index < -0.39 is 0 Å². The zero-order valence-corrected chi connectivity index (χ0v) is 11.6. The topological polar surface area (TPSA) is 52.6 Å². The van der Waals surface area contributed by atoms with Crippen molar-refractivity contribution in [3.05, 3.63) is 42.0 Å². The highest BCUT2D eigenvalue weighted by Gasteiger charge is 2.11. The van der Waals surface area contributed by atoms with Crippen LogP contribution in [0.15, 0.2) is 30.9 Å². The van der Waals surface area contributed by atoms with Gasteiger partial charge in [0.25, 0.3) is 0 Å². The molecule has 19 heavy (non-hydrogen) atoms. The SMILES string of the molecule is C=CCN(CCO)CC(=O)Nc1c(C)cccc1C. The summed E-state index contributed by atoms with van der Waals surface area (Å²) in [5, 5.41) is 11.9. The van der Waals surface area contributed by atoms with Gasteiger partial charge in [0.15, 0.2) is 0 Å². The third-order valence-electron chi connectivity index (χ3n) is 2.92. The Labute approximate surface area is 114 Å². The Hall–Kier alpha value is -1.65. The Morgan fingerprint density at radius 2 is 2.05 bits per heavy atom. The quantitative estimate of drug-likeness (QED) is 0.736. The van der Waals surface area contributed by atoms with E-state index >= 15 is 0 Å². The number of carbonyl (C=O) groups is 1. The molecule has 0 aliphatic rings. The molecule has 0 bridgehead atoms. The van der Waals surface area contributed by atoms with Gasteiger partial charge >= 0.3 is 0 Å². The van der Waals surface area contributed by atoms with E-state index in [0.717, 1.165) is 16.8 Å². The highest BCUT2D eigenvalue weighted by molar-refractivity contribution is 5.93. The zero-order valence-electron chi connectivity index (χ0n) is 11.6. The van der Waals surface area contributed by atoms with Crippen LogP contribution in [0, 0.1) is 13.8 Å². The number of rotatable bonds is 7. The maximum absolute atomic E-state index is 12.0. The first-order valence-corrected chi connectivity index (χ1v) is 6.38. The van der Waals surface area contributed by atoms with Gasteiger partial charge in [-0.05, 0) is 25.0 Å². The third-order valence-corrected chi connectivity index (χ3v) is 2.92. The van der Waals surface area contributed by atoms with E-state index in [9.17, 15) is 4.79 Å². The van der Waals surface area contributed by atoms with Crippen LogP contribution < -0.4 is 5.32 Å². The van der Waals surface area contributed by atoms with E-state index in [1.54, 1.807) is 6.08 Å². The molecule has 0 heterocycles. The van der Waals surface area contributed by atoms with Gasteiger partial charge in [-0.3, -0.25) is 9.69 Å². The minimum absolute atomic E-state index is 0.0323. The number of para-hydroxylation sites is 1. The molecule has 0 aromatic heterocycles. The van der Waals surface area contributed by atoms with Crippen molar-refractivity contribution in [3.63, 3.8) is 0 Å². The summed E-state index contributed by atoms with van der Waals surface area (Å²) in [6.45, 7) is 8.92. The average Bonchev–Trinajstić information content (AvgIpc) is 2.35. The van der Waals surface area contributed by atoms with Gasteiger partial charge in [0, 0.05) is 18.8 Å². The average molecular weight is 262 g/mol. The summed E-state index contributed by atoms with van der Waals surface area (Å²) in [6.07, 6.45) is 1.72. The summed E-state index contributed by atoms with van der Waals surface area (Å²) in [6, 6.07) is 5.91. The van der Waals surface area contributed by atoms with E-state index in [2.05, 4.69) is 11.9 Å². The molecule has 0 fully saturated rings. The minimum Gasteiger partial charge on any atom is -0.395 e. The van der Waals surface area contributed by atoms with Gasteiger partial charge < -0.3 is 10.4 Å². The van der Waals surface area contributed by atoms with Gasteiger partial charge in [-0.25, -0.2) is 0 Å². The number of nitrogens with one attached hydrogen (secondary N) is 1. The predicted octanol–water partition coefficient (Wildman–Crippen LogP) is 1.72. The molecular formula is C15H22N2O2. The van der Waals surface area contributed by atoms with Gasteiger partial charge in [-0.15, -0.1) is 6.58 Å². The molecule has 0 unspecified atom stereocenters. The Kier molecular flexibility index (Phi) is 6.25. The second kappa shape index (κ2) is 7.71. The van der Waals surface area contributed by atoms with Gasteiger partial charge in [0.2, 0.25) is 5.91 Å². The highest BCUT2D eigenvalue weighted by atomic mass is 16.3. The lowest BCUT2D eigenvalue weighted by atomic mass is 10.1. The van der Waals surface area contributed by atoms with E-state index in [1.807, 2.05) is 36.9 Å². The zero-order chi connectivity index (χ0) is 14.3. The van der Waals surface area contributed by atoms with Crippen LogP contribution in [0.25, 0.3) is 0 Å². The molecular weight excluding hydrogens is 240 g/mol. The molecule has 0 atom stereocenters. The first-order chi connectivity index (χ1) is 9.08. The lowest BCUT2D eigenvalue weighted by molar-refractivity contribution is -0.117. The minimum atomic E-state index is -0.0762. The number of hydrogen-bond acceptors (Lipinski definition) is 3. The molecule has 0 aliphatic carbocycles. The maximum atomic E-state index is 12.0. The van der Waals surface area contributed by atoms with Crippen LogP contribution >= 0.6 is 0 Å². The lowest BCUT2D eigenvalue weighted by Crippen LogP contribution is -2.35. The van der Waals surface area contributed by atoms with Crippen LogP contribution in [-0.4, -0.2) is 42.2 Å². The maximum Gasteiger partial charge on any atom is 0.238 e. The molecule has 0 radical (unpaired) electrons. The number of benzene rings is 1. The van der Waals surface area contributed by atoms with E-state index in [4.69, 9.17) is 5.11 Å². The summed E-state index contributed by atoms with van der Waals surface area (Å²) >= 11 is 0. The van der Waals surface area contributed by atoms with Gasteiger partial charge in [0.1, 0.15) is 0 Å². The Bertz CT molecular complexity index is 424. The summed E-state index contributed by atoms with van der Waals surface area (Å²) in [5.74, 6) is -0.0762. The second-order valence-electron chi connectivity index (χ2n) is 4.56. The van der Waals surface area contributed by atoms with E-state index in [1.165, 1.54) is 0 Å². The number of amides is 1. The summed E-state index contributed by atoms with van der Waals surface area (Å²) in [4.78, 5) is 13.9. The molecule has 1 aromatic rings. The molecule has 1 aromatic carbocycles. The normalized spacial score (nSPS) is 10.5. The van der Waals surface area contributed by atoms with Crippen LogP contribution in [0.1, 0.15) is 11.1 Å². The number of hydrogen-bond donors (Lipinski definition) is 2. The van der Waals surface area contributed by atoms with Gasteiger partial charge in [-0.2, -0.15) is 0 Å². The van der Waals surface area contributed by atoms with Crippen molar-refractivity contribution in [2.75, 3.05) is 31.6 Å². The number of carbonyl (C=O) groups excluding carboxylic acids is 1. The van der Waals surface area contributed by atoms with Gasteiger partial charge in [0.05, 0.1) is 13.2 Å². The molecule has 0 aliphatic heterocycles. The van der Waals surface area contributed by atoms with Crippen molar-refractivity contribution in [2.45, 2.75) is 13.8 Å². The van der Waals surface area contributed by atoms with E-state index in [-0.39, 0.29) is 19.1 Å². The molecule has 2 N–H and O–H groups in total. The molecule has 0 saturated carbocycles. The fourth-order valence-electron chi connectivity index (χ4n) is 1.95.